The molecule has 0 atom stereocenters. The van der Waals surface area contributed by atoms with Gasteiger partial charge in [0, 0.05) is 6.42 Å². The summed E-state index contributed by atoms with van der Waals surface area (Å²) in [5, 5.41) is 9.39. The maximum Gasteiger partial charge on any atom is 0.389 e. The maximum atomic E-state index is 11.4. The van der Waals surface area contributed by atoms with Gasteiger partial charge in [-0.05, 0) is 0 Å². The zero-order valence-electron chi connectivity index (χ0n) is 5.40. The van der Waals surface area contributed by atoms with E-state index in [0.29, 0.717) is 0 Å². The number of nitriles is 1. The second kappa shape index (κ2) is 3.81. The highest BCUT2D eigenvalue weighted by molar-refractivity contribution is 5.77. The summed E-state index contributed by atoms with van der Waals surface area (Å²) in [6.45, 7) is 0. The van der Waals surface area contributed by atoms with E-state index < -0.39 is 24.9 Å². The van der Waals surface area contributed by atoms with Crippen molar-refractivity contribution >= 4 is 5.91 Å². The molecule has 11 heavy (non-hydrogen) atoms. The number of carbonyl (C=O) groups is 1. The van der Waals surface area contributed by atoms with Gasteiger partial charge in [-0.15, -0.1) is 0 Å². The molecule has 0 saturated heterocycles. The first kappa shape index (κ1) is 9.75. The number of rotatable bonds is 2. The summed E-state index contributed by atoms with van der Waals surface area (Å²) in [6.07, 6.45) is -4.99. The Morgan fingerprint density at radius 3 is 2.45 bits per heavy atom. The van der Waals surface area contributed by atoms with Gasteiger partial charge >= 0.3 is 6.18 Å². The van der Waals surface area contributed by atoms with Gasteiger partial charge in [0.05, 0.1) is 6.42 Å². The highest BCUT2D eigenvalue weighted by atomic mass is 19.4. The average molecular weight is 166 g/mol. The second-order valence-corrected chi connectivity index (χ2v) is 1.78. The number of nitrogens with zero attached hydrogens (tertiary/aromatic N) is 1. The van der Waals surface area contributed by atoms with Crippen molar-refractivity contribution in [3.8, 4) is 6.19 Å². The monoisotopic (exact) mass is 166 g/mol. The first-order valence-electron chi connectivity index (χ1n) is 2.70. The molecule has 0 heterocycles. The van der Waals surface area contributed by atoms with E-state index in [-0.39, 0.29) is 0 Å². The molecule has 0 aromatic carbocycles. The van der Waals surface area contributed by atoms with Crippen molar-refractivity contribution in [2.45, 2.75) is 19.0 Å². The van der Waals surface area contributed by atoms with Crippen molar-refractivity contribution in [2.75, 3.05) is 0 Å². The Balaban J connectivity index is 3.57. The van der Waals surface area contributed by atoms with Crippen molar-refractivity contribution in [3.63, 3.8) is 0 Å². The Morgan fingerprint density at radius 1 is 1.55 bits per heavy atom. The fraction of sp³-hybridized carbons (Fsp3) is 0.600. The van der Waals surface area contributed by atoms with Gasteiger partial charge in [0.15, 0.2) is 6.19 Å². The van der Waals surface area contributed by atoms with E-state index in [9.17, 15) is 18.0 Å². The fourth-order valence-corrected chi connectivity index (χ4v) is 0.380. The molecule has 0 fully saturated rings. The lowest BCUT2D eigenvalue weighted by molar-refractivity contribution is -0.143. The van der Waals surface area contributed by atoms with Crippen LogP contribution in [0.1, 0.15) is 12.8 Å². The van der Waals surface area contributed by atoms with Crippen molar-refractivity contribution in [1.82, 2.24) is 5.32 Å². The Morgan fingerprint density at radius 2 is 2.09 bits per heavy atom. The van der Waals surface area contributed by atoms with Gasteiger partial charge in [-0.1, -0.05) is 0 Å². The molecule has 0 aliphatic heterocycles. The number of carbonyl (C=O) groups excluding carboxylic acids is 1. The van der Waals surface area contributed by atoms with Crippen LogP contribution in [0.25, 0.3) is 0 Å². The molecule has 0 aliphatic rings. The van der Waals surface area contributed by atoms with E-state index >= 15 is 0 Å². The van der Waals surface area contributed by atoms with Gasteiger partial charge in [-0.25, -0.2) is 0 Å². The van der Waals surface area contributed by atoms with Crippen molar-refractivity contribution in [3.05, 3.63) is 0 Å². The molecule has 0 aromatic rings. The molecule has 1 N–H and O–H groups in total. The standard InChI is InChI=1S/C5H5F3N2O/c6-5(7,8)2-1-4(11)10-3-9/h1-2H2,(H,10,11). The molecule has 0 spiro atoms. The van der Waals surface area contributed by atoms with Crippen LogP contribution in [-0.2, 0) is 4.79 Å². The number of halogens is 3. The van der Waals surface area contributed by atoms with E-state index in [1.54, 1.807) is 5.32 Å². The number of nitrogens with one attached hydrogen (secondary N) is 1. The van der Waals surface area contributed by atoms with E-state index in [1.807, 2.05) is 0 Å². The Labute approximate surface area is 60.8 Å². The maximum absolute atomic E-state index is 11.4. The van der Waals surface area contributed by atoms with Crippen molar-refractivity contribution in [1.29, 1.82) is 5.26 Å². The van der Waals surface area contributed by atoms with E-state index in [0.717, 1.165) is 0 Å². The lowest BCUT2D eigenvalue weighted by atomic mass is 10.3. The summed E-state index contributed by atoms with van der Waals surface area (Å²) in [5.74, 6) is -0.912. The predicted molar refractivity (Wildman–Crippen MR) is 29.0 cm³/mol. The molecule has 0 radical (unpaired) electrons. The highest BCUT2D eigenvalue weighted by Crippen LogP contribution is 2.20. The average Bonchev–Trinajstić information content (AvgIpc) is 1.83. The quantitative estimate of drug-likeness (QED) is 0.490. The first-order chi connectivity index (χ1) is 4.95. The van der Waals surface area contributed by atoms with Crippen molar-refractivity contribution in [2.24, 2.45) is 0 Å². The van der Waals surface area contributed by atoms with E-state index in [2.05, 4.69) is 0 Å². The number of amides is 1. The van der Waals surface area contributed by atoms with Crippen LogP contribution in [0.4, 0.5) is 13.2 Å². The fourth-order valence-electron chi connectivity index (χ4n) is 0.380. The number of hydrogen-bond acceptors (Lipinski definition) is 2. The van der Waals surface area contributed by atoms with Gasteiger partial charge in [-0.2, -0.15) is 18.4 Å². The predicted octanol–water partition coefficient (Wildman–Crippen LogP) is 0.926. The zero-order valence-corrected chi connectivity index (χ0v) is 5.40. The largest absolute Gasteiger partial charge is 0.389 e. The summed E-state index contributed by atoms with van der Waals surface area (Å²) in [5.41, 5.74) is 0. The van der Waals surface area contributed by atoms with Crippen LogP contribution in [0.2, 0.25) is 0 Å². The van der Waals surface area contributed by atoms with Crippen molar-refractivity contribution < 1.29 is 18.0 Å². The summed E-state index contributed by atoms with van der Waals surface area (Å²) in [4.78, 5) is 10.3. The molecule has 0 rings (SSSR count). The van der Waals surface area contributed by atoms with Gasteiger partial charge in [0.25, 0.3) is 0 Å². The van der Waals surface area contributed by atoms with Gasteiger partial charge in [-0.3, -0.25) is 10.1 Å². The number of hydrogen-bond donors (Lipinski definition) is 1. The topological polar surface area (TPSA) is 52.9 Å². The van der Waals surface area contributed by atoms with E-state index in [4.69, 9.17) is 5.26 Å². The molecule has 6 heteroatoms. The van der Waals surface area contributed by atoms with Gasteiger partial charge in [0.1, 0.15) is 0 Å². The molecule has 0 aromatic heterocycles. The molecule has 62 valence electrons. The second-order valence-electron chi connectivity index (χ2n) is 1.78. The highest BCUT2D eigenvalue weighted by Gasteiger charge is 2.27. The van der Waals surface area contributed by atoms with Crippen LogP contribution in [0.15, 0.2) is 0 Å². The Bertz CT molecular complexity index is 181. The summed E-state index contributed by atoms with van der Waals surface area (Å²) in [7, 11) is 0. The molecule has 1 amide bonds. The van der Waals surface area contributed by atoms with Crippen LogP contribution in [0, 0.1) is 11.5 Å². The van der Waals surface area contributed by atoms with Crippen LogP contribution < -0.4 is 5.32 Å². The summed E-state index contributed by atoms with van der Waals surface area (Å²) < 4.78 is 34.2. The summed E-state index contributed by atoms with van der Waals surface area (Å²) in [6, 6.07) is 0. The van der Waals surface area contributed by atoms with Crippen LogP contribution in [0.3, 0.4) is 0 Å². The normalized spacial score (nSPS) is 10.4. The molecule has 0 bridgehead atoms. The molecular formula is C5H5F3N2O. The van der Waals surface area contributed by atoms with Gasteiger partial charge in [0.2, 0.25) is 5.91 Å². The van der Waals surface area contributed by atoms with Crippen LogP contribution in [-0.4, -0.2) is 12.1 Å². The number of alkyl halides is 3. The first-order valence-corrected chi connectivity index (χ1v) is 2.70. The SMILES string of the molecule is N#CNC(=O)CCC(F)(F)F. The molecular weight excluding hydrogens is 161 g/mol. The lowest BCUT2D eigenvalue weighted by Gasteiger charge is -2.02. The third-order valence-electron chi connectivity index (χ3n) is 0.831. The third kappa shape index (κ3) is 6.64. The Hall–Kier alpha value is -1.25. The molecule has 0 aliphatic carbocycles. The van der Waals surface area contributed by atoms with Crippen LogP contribution in [0.5, 0.6) is 0 Å². The zero-order chi connectivity index (χ0) is 8.91. The lowest BCUT2D eigenvalue weighted by Crippen LogP contribution is -2.20. The minimum absolute atomic E-state index is 0.697. The smallest absolute Gasteiger partial charge is 0.274 e. The minimum atomic E-state index is -4.34. The summed E-state index contributed by atoms with van der Waals surface area (Å²) >= 11 is 0. The minimum Gasteiger partial charge on any atom is -0.274 e. The molecule has 0 saturated carbocycles. The van der Waals surface area contributed by atoms with E-state index in [1.165, 1.54) is 6.19 Å². The van der Waals surface area contributed by atoms with Gasteiger partial charge < -0.3 is 0 Å². The molecule has 0 unspecified atom stereocenters. The molecule has 3 nitrogen and oxygen atoms in total. The Kier molecular flexibility index (Phi) is 3.37. The van der Waals surface area contributed by atoms with Crippen LogP contribution >= 0.6 is 0 Å². The third-order valence-corrected chi connectivity index (χ3v) is 0.831.